The van der Waals surface area contributed by atoms with Crippen LogP contribution >= 0.6 is 11.3 Å². The van der Waals surface area contributed by atoms with Gasteiger partial charge in [-0.05, 0) is 38.3 Å². The minimum atomic E-state index is 0.0643. The van der Waals surface area contributed by atoms with Gasteiger partial charge in [0.15, 0.2) is 0 Å². The number of thiophene rings is 1. The van der Waals surface area contributed by atoms with Gasteiger partial charge in [-0.2, -0.15) is 0 Å². The minimum Gasteiger partial charge on any atom is -0.409 e. The standard InChI is InChI=1S/C13H19N3O2S/c1-8-7-11(19-9(8)2)13(17)16(10-3-4-10)6-5-12(14)15-18/h7,10,18H,3-6H2,1-2H3,(H2,14,15). The molecule has 19 heavy (non-hydrogen) atoms. The topological polar surface area (TPSA) is 78.9 Å². The van der Waals surface area contributed by atoms with Gasteiger partial charge in [0.1, 0.15) is 5.84 Å². The van der Waals surface area contributed by atoms with Gasteiger partial charge in [-0.15, -0.1) is 11.3 Å². The molecule has 5 nitrogen and oxygen atoms in total. The summed E-state index contributed by atoms with van der Waals surface area (Å²) in [6.07, 6.45) is 2.50. The van der Waals surface area contributed by atoms with Crippen LogP contribution in [-0.4, -0.2) is 34.4 Å². The van der Waals surface area contributed by atoms with E-state index in [2.05, 4.69) is 5.16 Å². The fourth-order valence-corrected chi connectivity index (χ4v) is 2.93. The third-order valence-electron chi connectivity index (χ3n) is 3.36. The number of carbonyl (C=O) groups excluding carboxylic acids is 1. The Balaban J connectivity index is 2.08. The number of nitrogens with two attached hydrogens (primary N) is 1. The van der Waals surface area contributed by atoms with Crippen molar-refractivity contribution in [3.05, 3.63) is 21.4 Å². The van der Waals surface area contributed by atoms with Crippen LogP contribution in [0.25, 0.3) is 0 Å². The van der Waals surface area contributed by atoms with Crippen molar-refractivity contribution in [2.45, 2.75) is 39.2 Å². The average Bonchev–Trinajstić information content (AvgIpc) is 3.16. The van der Waals surface area contributed by atoms with Crippen LogP contribution in [0.15, 0.2) is 11.2 Å². The molecule has 6 heteroatoms. The van der Waals surface area contributed by atoms with Gasteiger partial charge in [-0.3, -0.25) is 4.79 Å². The second kappa shape index (κ2) is 5.61. The van der Waals surface area contributed by atoms with Crippen LogP contribution in [0.1, 0.15) is 39.4 Å². The third-order valence-corrected chi connectivity index (χ3v) is 4.50. The second-order valence-corrected chi connectivity index (χ2v) is 6.18. The maximum atomic E-state index is 12.5. The molecule has 0 aromatic carbocycles. The zero-order valence-electron chi connectivity index (χ0n) is 11.2. The SMILES string of the molecule is Cc1cc(C(=O)N(CCC(N)=NO)C2CC2)sc1C. The van der Waals surface area contributed by atoms with Crippen molar-refractivity contribution in [2.75, 3.05) is 6.54 Å². The zero-order valence-corrected chi connectivity index (χ0v) is 12.0. The highest BCUT2D eigenvalue weighted by Gasteiger charge is 2.33. The number of nitrogens with zero attached hydrogens (tertiary/aromatic N) is 2. The van der Waals surface area contributed by atoms with Crippen molar-refractivity contribution >= 4 is 23.1 Å². The zero-order chi connectivity index (χ0) is 14.0. The molecule has 3 N–H and O–H groups in total. The van der Waals surface area contributed by atoms with E-state index >= 15 is 0 Å². The number of rotatable bonds is 5. The highest BCUT2D eigenvalue weighted by molar-refractivity contribution is 7.14. The number of amides is 1. The summed E-state index contributed by atoms with van der Waals surface area (Å²) < 4.78 is 0. The van der Waals surface area contributed by atoms with Crippen molar-refractivity contribution in [1.82, 2.24) is 4.90 Å². The lowest BCUT2D eigenvalue weighted by atomic mass is 10.2. The van der Waals surface area contributed by atoms with Crippen molar-refractivity contribution < 1.29 is 10.0 Å². The van der Waals surface area contributed by atoms with Gasteiger partial charge >= 0.3 is 0 Å². The number of oxime groups is 1. The Bertz CT molecular complexity index is 486. The van der Waals surface area contributed by atoms with Gasteiger partial charge in [0, 0.05) is 23.9 Å². The number of amidine groups is 1. The predicted molar refractivity (Wildman–Crippen MR) is 75.9 cm³/mol. The van der Waals surface area contributed by atoms with Crippen LogP contribution in [-0.2, 0) is 0 Å². The van der Waals surface area contributed by atoms with Crippen molar-refractivity contribution in [3.8, 4) is 0 Å². The molecule has 1 aromatic heterocycles. The molecule has 0 aliphatic heterocycles. The van der Waals surface area contributed by atoms with Crippen molar-refractivity contribution in [2.24, 2.45) is 10.9 Å². The summed E-state index contributed by atoms with van der Waals surface area (Å²) in [6.45, 7) is 4.55. The lowest BCUT2D eigenvalue weighted by Gasteiger charge is -2.21. The fourth-order valence-electron chi connectivity index (χ4n) is 1.94. The Hall–Kier alpha value is -1.56. The van der Waals surface area contributed by atoms with Crippen LogP contribution in [0.5, 0.6) is 0 Å². The summed E-state index contributed by atoms with van der Waals surface area (Å²) in [6, 6.07) is 2.27. The number of carbonyl (C=O) groups is 1. The summed E-state index contributed by atoms with van der Waals surface area (Å²) in [7, 11) is 0. The molecular weight excluding hydrogens is 262 g/mol. The van der Waals surface area contributed by atoms with E-state index in [1.165, 1.54) is 16.2 Å². The Morgan fingerprint density at radius 3 is 2.74 bits per heavy atom. The summed E-state index contributed by atoms with van der Waals surface area (Å²) in [4.78, 5) is 16.3. The van der Waals surface area contributed by atoms with E-state index in [1.807, 2.05) is 24.8 Å². The number of aryl methyl sites for hydroxylation is 2. The van der Waals surface area contributed by atoms with Gasteiger partial charge in [0.05, 0.1) is 4.88 Å². The molecule has 2 rings (SSSR count). The maximum Gasteiger partial charge on any atom is 0.264 e. The molecule has 1 aliphatic carbocycles. The van der Waals surface area contributed by atoms with E-state index in [1.54, 1.807) is 0 Å². The normalized spacial score (nSPS) is 15.6. The van der Waals surface area contributed by atoms with Crippen LogP contribution < -0.4 is 5.73 Å². The molecule has 0 radical (unpaired) electrons. The molecule has 1 amide bonds. The molecule has 1 aromatic rings. The van der Waals surface area contributed by atoms with Crippen LogP contribution in [0.3, 0.4) is 0 Å². The Morgan fingerprint density at radius 2 is 2.26 bits per heavy atom. The van der Waals surface area contributed by atoms with Gasteiger partial charge in [-0.25, -0.2) is 0 Å². The summed E-state index contributed by atoms with van der Waals surface area (Å²) in [5, 5.41) is 11.5. The van der Waals surface area contributed by atoms with Crippen LogP contribution in [0.2, 0.25) is 0 Å². The molecule has 104 valence electrons. The first-order chi connectivity index (χ1) is 9.02. The third kappa shape index (κ3) is 3.26. The van der Waals surface area contributed by atoms with Crippen LogP contribution in [0.4, 0.5) is 0 Å². The fraction of sp³-hybridized carbons (Fsp3) is 0.538. The highest BCUT2D eigenvalue weighted by atomic mass is 32.1. The minimum absolute atomic E-state index is 0.0643. The maximum absolute atomic E-state index is 12.5. The molecule has 1 saturated carbocycles. The molecule has 0 unspecified atom stereocenters. The lowest BCUT2D eigenvalue weighted by molar-refractivity contribution is 0.0752. The number of hydrogen-bond acceptors (Lipinski definition) is 4. The molecule has 0 spiro atoms. The second-order valence-electron chi connectivity index (χ2n) is 4.92. The molecule has 1 fully saturated rings. The Kier molecular flexibility index (Phi) is 4.09. The lowest BCUT2D eigenvalue weighted by Crippen LogP contribution is -2.35. The first kappa shape index (κ1) is 13.9. The average molecular weight is 281 g/mol. The first-order valence-electron chi connectivity index (χ1n) is 6.37. The molecular formula is C13H19N3O2S. The molecule has 0 saturated heterocycles. The van der Waals surface area contributed by atoms with Gasteiger partial charge in [0.2, 0.25) is 0 Å². The van der Waals surface area contributed by atoms with E-state index in [4.69, 9.17) is 10.9 Å². The van der Waals surface area contributed by atoms with E-state index < -0.39 is 0 Å². The Labute approximate surface area is 116 Å². The predicted octanol–water partition coefficient (Wildman–Crippen LogP) is 2.11. The van der Waals surface area contributed by atoms with E-state index in [9.17, 15) is 4.79 Å². The van der Waals surface area contributed by atoms with E-state index in [-0.39, 0.29) is 11.7 Å². The molecule has 1 aliphatic rings. The van der Waals surface area contributed by atoms with E-state index in [0.29, 0.717) is 19.0 Å². The first-order valence-corrected chi connectivity index (χ1v) is 7.19. The summed E-state index contributed by atoms with van der Waals surface area (Å²) in [5.74, 6) is 0.228. The van der Waals surface area contributed by atoms with Crippen LogP contribution in [0, 0.1) is 13.8 Å². The molecule has 0 bridgehead atoms. The Morgan fingerprint density at radius 1 is 1.58 bits per heavy atom. The summed E-state index contributed by atoms with van der Waals surface area (Å²) >= 11 is 1.53. The monoisotopic (exact) mass is 281 g/mol. The summed E-state index contributed by atoms with van der Waals surface area (Å²) in [5.41, 5.74) is 6.63. The van der Waals surface area contributed by atoms with Gasteiger partial charge < -0.3 is 15.8 Å². The molecule has 1 heterocycles. The van der Waals surface area contributed by atoms with Gasteiger partial charge in [0.25, 0.3) is 5.91 Å². The smallest absolute Gasteiger partial charge is 0.264 e. The van der Waals surface area contributed by atoms with Crippen molar-refractivity contribution in [1.29, 1.82) is 0 Å². The van der Waals surface area contributed by atoms with E-state index in [0.717, 1.165) is 23.3 Å². The largest absolute Gasteiger partial charge is 0.409 e. The van der Waals surface area contributed by atoms with Gasteiger partial charge in [-0.1, -0.05) is 5.16 Å². The van der Waals surface area contributed by atoms with Crippen molar-refractivity contribution in [3.63, 3.8) is 0 Å². The number of hydrogen-bond donors (Lipinski definition) is 2. The quantitative estimate of drug-likeness (QED) is 0.375. The highest BCUT2D eigenvalue weighted by Crippen LogP contribution is 2.30. The molecule has 0 atom stereocenters.